The first kappa shape index (κ1) is 15.1. The zero-order valence-corrected chi connectivity index (χ0v) is 13.8. The van der Waals surface area contributed by atoms with Crippen molar-refractivity contribution in [2.24, 2.45) is 5.92 Å². The van der Waals surface area contributed by atoms with E-state index in [1.165, 1.54) is 17.8 Å². The monoisotopic (exact) mass is 331 g/mol. The Morgan fingerprint density at radius 2 is 2.26 bits per heavy atom. The fraction of sp³-hybridized carbons (Fsp3) is 0.647. The average molecular weight is 331 g/mol. The van der Waals surface area contributed by atoms with Gasteiger partial charge in [0.2, 0.25) is 5.91 Å². The maximum absolute atomic E-state index is 12.8. The Hall–Kier alpha value is -1.42. The molecule has 5 nitrogen and oxygen atoms in total. The molecular weight excluding hydrogens is 310 g/mol. The van der Waals surface area contributed by atoms with Gasteiger partial charge in [-0.15, -0.1) is 11.3 Å². The third kappa shape index (κ3) is 2.67. The zero-order chi connectivity index (χ0) is 15.8. The van der Waals surface area contributed by atoms with E-state index in [9.17, 15) is 10.1 Å². The molecule has 3 fully saturated rings. The second kappa shape index (κ2) is 6.23. The van der Waals surface area contributed by atoms with Crippen LogP contribution in [0.5, 0.6) is 0 Å². The first-order valence-electron chi connectivity index (χ1n) is 8.44. The van der Waals surface area contributed by atoms with Crippen molar-refractivity contribution in [3.8, 4) is 6.07 Å². The molecule has 1 aromatic heterocycles. The number of carbonyl (C=O) groups excluding carboxylic acids is 1. The fourth-order valence-electron chi connectivity index (χ4n) is 4.27. The number of nitrogens with zero attached hydrogens (tertiary/aromatic N) is 2. The predicted octanol–water partition coefficient (Wildman–Crippen LogP) is 2.27. The summed E-state index contributed by atoms with van der Waals surface area (Å²) in [5.74, 6) is 0.673. The standard InChI is InChI=1S/C17H21N3O2S/c18-10-11-6-9-23-17(11)20-7-4-14(16(20)21)19-13-2-1-3-15-12(13)5-8-22-15/h6,9,12-15,19H,1-5,7-8H2/t12-,13-,14+,15+/m1/s1. The summed E-state index contributed by atoms with van der Waals surface area (Å²) < 4.78 is 5.82. The smallest absolute Gasteiger partial charge is 0.244 e. The maximum Gasteiger partial charge on any atom is 0.244 e. The van der Waals surface area contributed by atoms with Crippen LogP contribution in [0.1, 0.15) is 37.7 Å². The number of carbonyl (C=O) groups is 1. The molecule has 122 valence electrons. The number of nitrogens with one attached hydrogen (secondary N) is 1. The molecule has 1 N–H and O–H groups in total. The summed E-state index contributed by atoms with van der Waals surface area (Å²) in [6, 6.07) is 4.24. The molecule has 3 heterocycles. The lowest BCUT2D eigenvalue weighted by molar-refractivity contribution is -0.119. The molecular formula is C17H21N3O2S. The van der Waals surface area contributed by atoms with Crippen LogP contribution in [0.4, 0.5) is 5.00 Å². The number of rotatable bonds is 3. The minimum atomic E-state index is -0.118. The normalized spacial score (nSPS) is 33.7. The van der Waals surface area contributed by atoms with E-state index in [1.54, 1.807) is 11.0 Å². The van der Waals surface area contributed by atoms with Crippen LogP contribution in [0.25, 0.3) is 0 Å². The lowest BCUT2D eigenvalue weighted by atomic mass is 9.81. The lowest BCUT2D eigenvalue weighted by Gasteiger charge is -2.34. The average Bonchev–Trinajstić information content (AvgIpc) is 3.28. The summed E-state index contributed by atoms with van der Waals surface area (Å²) >= 11 is 1.47. The maximum atomic E-state index is 12.8. The summed E-state index contributed by atoms with van der Waals surface area (Å²) in [4.78, 5) is 14.6. The number of amides is 1. The van der Waals surface area contributed by atoms with Crippen molar-refractivity contribution in [1.29, 1.82) is 5.26 Å². The van der Waals surface area contributed by atoms with E-state index >= 15 is 0 Å². The Labute approximate surface area is 140 Å². The van der Waals surface area contributed by atoms with E-state index in [4.69, 9.17) is 4.74 Å². The number of anilines is 1. The van der Waals surface area contributed by atoms with Crippen LogP contribution in [0, 0.1) is 17.2 Å². The molecule has 2 saturated heterocycles. The molecule has 0 bridgehead atoms. The van der Waals surface area contributed by atoms with Crippen molar-refractivity contribution >= 4 is 22.2 Å². The molecule has 0 unspecified atom stereocenters. The van der Waals surface area contributed by atoms with Gasteiger partial charge < -0.3 is 15.0 Å². The van der Waals surface area contributed by atoms with Crippen LogP contribution < -0.4 is 10.2 Å². The summed E-state index contributed by atoms with van der Waals surface area (Å²) in [5, 5.41) is 15.5. The molecule has 1 aliphatic carbocycles. The highest BCUT2D eigenvalue weighted by Crippen LogP contribution is 2.36. The molecule has 0 spiro atoms. The number of hydrogen-bond acceptors (Lipinski definition) is 5. The second-order valence-corrected chi connectivity index (χ2v) is 7.54. The zero-order valence-electron chi connectivity index (χ0n) is 13.0. The van der Waals surface area contributed by atoms with Crippen molar-refractivity contribution in [3.63, 3.8) is 0 Å². The van der Waals surface area contributed by atoms with E-state index in [-0.39, 0.29) is 11.9 Å². The first-order chi connectivity index (χ1) is 11.3. The Balaban J connectivity index is 1.45. The third-order valence-electron chi connectivity index (χ3n) is 5.41. The van der Waals surface area contributed by atoms with Gasteiger partial charge >= 0.3 is 0 Å². The second-order valence-electron chi connectivity index (χ2n) is 6.65. The number of thiophene rings is 1. The van der Waals surface area contributed by atoms with Gasteiger partial charge in [-0.1, -0.05) is 0 Å². The largest absolute Gasteiger partial charge is 0.378 e. The molecule has 1 saturated carbocycles. The number of hydrogen-bond donors (Lipinski definition) is 1. The van der Waals surface area contributed by atoms with Gasteiger partial charge in [0, 0.05) is 25.1 Å². The highest BCUT2D eigenvalue weighted by atomic mass is 32.1. The van der Waals surface area contributed by atoms with Gasteiger partial charge in [0.1, 0.15) is 11.1 Å². The van der Waals surface area contributed by atoms with Gasteiger partial charge in [-0.2, -0.15) is 5.26 Å². The van der Waals surface area contributed by atoms with Crippen LogP contribution >= 0.6 is 11.3 Å². The van der Waals surface area contributed by atoms with Gasteiger partial charge in [-0.25, -0.2) is 0 Å². The topological polar surface area (TPSA) is 65.4 Å². The predicted molar refractivity (Wildman–Crippen MR) is 88.4 cm³/mol. The van der Waals surface area contributed by atoms with E-state index in [0.29, 0.717) is 30.2 Å². The van der Waals surface area contributed by atoms with Crippen molar-refractivity contribution in [3.05, 3.63) is 17.0 Å². The van der Waals surface area contributed by atoms with Crippen molar-refractivity contribution in [2.45, 2.75) is 50.3 Å². The summed E-state index contributed by atoms with van der Waals surface area (Å²) in [5.41, 5.74) is 0.603. The SMILES string of the molecule is N#Cc1ccsc1N1CC[C@H](N[C@@H]2CCC[C@@H]3OCC[C@@H]32)C1=O. The quantitative estimate of drug-likeness (QED) is 0.923. The molecule has 0 aromatic carbocycles. The molecule has 3 aliphatic rings. The lowest BCUT2D eigenvalue weighted by Crippen LogP contribution is -2.50. The van der Waals surface area contributed by atoms with Crippen LogP contribution in [-0.4, -0.2) is 37.2 Å². The van der Waals surface area contributed by atoms with Gasteiger partial charge in [0.25, 0.3) is 0 Å². The first-order valence-corrected chi connectivity index (χ1v) is 9.32. The minimum absolute atomic E-state index is 0.116. The van der Waals surface area contributed by atoms with Crippen molar-refractivity contribution in [1.82, 2.24) is 5.32 Å². The molecule has 6 heteroatoms. The van der Waals surface area contributed by atoms with Crippen molar-refractivity contribution < 1.29 is 9.53 Å². The fourth-order valence-corrected chi connectivity index (χ4v) is 5.15. The molecule has 4 rings (SSSR count). The van der Waals surface area contributed by atoms with E-state index in [1.807, 2.05) is 5.38 Å². The summed E-state index contributed by atoms with van der Waals surface area (Å²) in [7, 11) is 0. The minimum Gasteiger partial charge on any atom is -0.378 e. The highest BCUT2D eigenvalue weighted by molar-refractivity contribution is 7.14. The van der Waals surface area contributed by atoms with Gasteiger partial charge in [-0.05, 0) is 43.6 Å². The Kier molecular flexibility index (Phi) is 4.10. The summed E-state index contributed by atoms with van der Waals surface area (Å²) in [6.45, 7) is 1.56. The van der Waals surface area contributed by atoms with Crippen molar-refractivity contribution in [2.75, 3.05) is 18.1 Å². The van der Waals surface area contributed by atoms with Gasteiger partial charge in [-0.3, -0.25) is 4.79 Å². The number of ether oxygens (including phenoxy) is 1. The Morgan fingerprint density at radius 3 is 3.13 bits per heavy atom. The number of nitriles is 1. The Bertz CT molecular complexity index is 638. The molecule has 1 aromatic rings. The van der Waals surface area contributed by atoms with E-state index in [0.717, 1.165) is 37.3 Å². The van der Waals surface area contributed by atoms with E-state index in [2.05, 4.69) is 11.4 Å². The third-order valence-corrected chi connectivity index (χ3v) is 6.35. The number of fused-ring (bicyclic) bond motifs is 1. The van der Waals surface area contributed by atoms with Crippen LogP contribution in [0.3, 0.4) is 0 Å². The van der Waals surface area contributed by atoms with Gasteiger partial charge in [0.15, 0.2) is 0 Å². The Morgan fingerprint density at radius 1 is 1.35 bits per heavy atom. The molecule has 0 radical (unpaired) electrons. The molecule has 23 heavy (non-hydrogen) atoms. The van der Waals surface area contributed by atoms with Crippen LogP contribution in [-0.2, 0) is 9.53 Å². The van der Waals surface area contributed by atoms with Crippen LogP contribution in [0.2, 0.25) is 0 Å². The molecule has 1 amide bonds. The van der Waals surface area contributed by atoms with E-state index < -0.39 is 0 Å². The highest BCUT2D eigenvalue weighted by Gasteiger charge is 2.41. The molecule has 2 aliphatic heterocycles. The molecule has 4 atom stereocenters. The summed E-state index contributed by atoms with van der Waals surface area (Å²) in [6.07, 6.45) is 5.78. The van der Waals surface area contributed by atoms with Gasteiger partial charge in [0.05, 0.1) is 17.7 Å². The van der Waals surface area contributed by atoms with Crippen LogP contribution in [0.15, 0.2) is 11.4 Å².